The van der Waals surface area contributed by atoms with Gasteiger partial charge in [0.25, 0.3) is 0 Å². The Morgan fingerprint density at radius 1 is 1.57 bits per heavy atom. The van der Waals surface area contributed by atoms with Crippen LogP contribution >= 0.6 is 0 Å². The molecule has 0 unspecified atom stereocenters. The Kier molecular flexibility index (Phi) is 3.22. The molecule has 1 aromatic heterocycles. The SMILES string of the molecule is CNCc1occc1COC1CCC1. The molecule has 0 atom stereocenters. The molecule has 3 nitrogen and oxygen atoms in total. The van der Waals surface area contributed by atoms with Gasteiger partial charge in [0, 0.05) is 5.56 Å². The van der Waals surface area contributed by atoms with Crippen LogP contribution in [0.4, 0.5) is 0 Å². The fourth-order valence-electron chi connectivity index (χ4n) is 1.56. The predicted octanol–water partition coefficient (Wildman–Crippen LogP) is 2.07. The van der Waals surface area contributed by atoms with Crippen LogP contribution in [-0.2, 0) is 17.9 Å². The first-order valence-corrected chi connectivity index (χ1v) is 5.21. The normalized spacial score (nSPS) is 16.9. The van der Waals surface area contributed by atoms with Crippen molar-refractivity contribution in [1.29, 1.82) is 0 Å². The minimum absolute atomic E-state index is 0.493. The highest BCUT2D eigenvalue weighted by Crippen LogP contribution is 2.23. The summed E-state index contributed by atoms with van der Waals surface area (Å²) in [5.41, 5.74) is 1.17. The van der Waals surface area contributed by atoms with Crippen molar-refractivity contribution in [2.24, 2.45) is 0 Å². The Morgan fingerprint density at radius 2 is 2.43 bits per heavy atom. The maximum atomic E-state index is 5.72. The summed E-state index contributed by atoms with van der Waals surface area (Å²) < 4.78 is 11.1. The minimum atomic E-state index is 0.493. The third-order valence-corrected chi connectivity index (χ3v) is 2.70. The van der Waals surface area contributed by atoms with E-state index < -0.39 is 0 Å². The molecule has 1 aliphatic carbocycles. The molecule has 0 bridgehead atoms. The summed E-state index contributed by atoms with van der Waals surface area (Å²) in [6.07, 6.45) is 5.98. The van der Waals surface area contributed by atoms with Crippen molar-refractivity contribution in [2.75, 3.05) is 7.05 Å². The topological polar surface area (TPSA) is 34.4 Å². The zero-order valence-corrected chi connectivity index (χ0v) is 8.58. The van der Waals surface area contributed by atoms with E-state index in [0.29, 0.717) is 12.7 Å². The fourth-order valence-corrected chi connectivity index (χ4v) is 1.56. The Bertz CT molecular complexity index is 279. The highest BCUT2D eigenvalue weighted by molar-refractivity contribution is 5.15. The third-order valence-electron chi connectivity index (χ3n) is 2.70. The van der Waals surface area contributed by atoms with Crippen LogP contribution in [0.3, 0.4) is 0 Å². The minimum Gasteiger partial charge on any atom is -0.468 e. The van der Waals surface area contributed by atoms with Gasteiger partial charge in [-0.3, -0.25) is 0 Å². The summed E-state index contributed by atoms with van der Waals surface area (Å²) in [4.78, 5) is 0. The maximum absolute atomic E-state index is 5.72. The second-order valence-corrected chi connectivity index (χ2v) is 3.76. The number of ether oxygens (including phenoxy) is 1. The van der Waals surface area contributed by atoms with E-state index in [1.54, 1.807) is 6.26 Å². The molecule has 2 rings (SSSR count). The molecule has 1 aliphatic rings. The Labute approximate surface area is 84.4 Å². The molecule has 1 fully saturated rings. The second-order valence-electron chi connectivity index (χ2n) is 3.76. The largest absolute Gasteiger partial charge is 0.468 e. The van der Waals surface area contributed by atoms with Crippen LogP contribution in [0.25, 0.3) is 0 Å². The van der Waals surface area contributed by atoms with E-state index in [-0.39, 0.29) is 0 Å². The average molecular weight is 195 g/mol. The highest BCUT2D eigenvalue weighted by Gasteiger charge is 2.18. The molecule has 0 radical (unpaired) electrons. The Balaban J connectivity index is 1.84. The van der Waals surface area contributed by atoms with Gasteiger partial charge in [0.1, 0.15) is 5.76 Å². The van der Waals surface area contributed by atoms with E-state index in [2.05, 4.69) is 5.32 Å². The first-order chi connectivity index (χ1) is 6.90. The molecule has 78 valence electrons. The lowest BCUT2D eigenvalue weighted by molar-refractivity contribution is -0.00922. The highest BCUT2D eigenvalue weighted by atomic mass is 16.5. The molecule has 0 aromatic carbocycles. The number of hydrogen-bond acceptors (Lipinski definition) is 3. The van der Waals surface area contributed by atoms with E-state index in [1.807, 2.05) is 13.1 Å². The van der Waals surface area contributed by atoms with E-state index in [9.17, 15) is 0 Å². The first-order valence-electron chi connectivity index (χ1n) is 5.21. The van der Waals surface area contributed by atoms with Gasteiger partial charge in [0.2, 0.25) is 0 Å². The molecule has 1 heterocycles. The molecule has 0 saturated heterocycles. The van der Waals surface area contributed by atoms with E-state index in [0.717, 1.165) is 12.3 Å². The molecule has 3 heteroatoms. The molecule has 14 heavy (non-hydrogen) atoms. The average Bonchev–Trinajstić information content (AvgIpc) is 2.51. The summed E-state index contributed by atoms with van der Waals surface area (Å²) in [6.45, 7) is 1.47. The zero-order valence-electron chi connectivity index (χ0n) is 8.58. The van der Waals surface area contributed by atoms with Crippen LogP contribution in [0, 0.1) is 0 Å². The van der Waals surface area contributed by atoms with Crippen LogP contribution in [0.5, 0.6) is 0 Å². The summed E-state index contributed by atoms with van der Waals surface area (Å²) in [6, 6.07) is 1.99. The third kappa shape index (κ3) is 2.16. The van der Waals surface area contributed by atoms with Gasteiger partial charge in [-0.15, -0.1) is 0 Å². The van der Waals surface area contributed by atoms with Gasteiger partial charge in [-0.05, 0) is 32.4 Å². The first kappa shape index (κ1) is 9.74. The lowest BCUT2D eigenvalue weighted by Crippen LogP contribution is -2.21. The maximum Gasteiger partial charge on any atom is 0.123 e. The molecular formula is C11H17NO2. The molecule has 1 saturated carbocycles. The van der Waals surface area contributed by atoms with Crippen molar-refractivity contribution in [1.82, 2.24) is 5.32 Å². The number of rotatable bonds is 5. The standard InChI is InChI=1S/C11H17NO2/c1-12-7-11-9(5-6-13-11)8-14-10-3-2-4-10/h5-6,10,12H,2-4,7-8H2,1H3. The molecular weight excluding hydrogens is 178 g/mol. The molecule has 1 aromatic rings. The van der Waals surface area contributed by atoms with Gasteiger partial charge in [-0.1, -0.05) is 0 Å². The molecule has 0 amide bonds. The van der Waals surface area contributed by atoms with Crippen molar-refractivity contribution >= 4 is 0 Å². The van der Waals surface area contributed by atoms with E-state index in [1.165, 1.54) is 24.8 Å². The van der Waals surface area contributed by atoms with Gasteiger partial charge in [-0.25, -0.2) is 0 Å². The zero-order chi connectivity index (χ0) is 9.80. The van der Waals surface area contributed by atoms with E-state index >= 15 is 0 Å². The van der Waals surface area contributed by atoms with Crippen molar-refractivity contribution < 1.29 is 9.15 Å². The monoisotopic (exact) mass is 195 g/mol. The summed E-state index contributed by atoms with van der Waals surface area (Å²) >= 11 is 0. The van der Waals surface area contributed by atoms with Gasteiger partial charge in [0.05, 0.1) is 25.5 Å². The predicted molar refractivity (Wildman–Crippen MR) is 53.9 cm³/mol. The summed E-state index contributed by atoms with van der Waals surface area (Å²) in [5.74, 6) is 0.992. The molecule has 0 spiro atoms. The Morgan fingerprint density at radius 3 is 3.07 bits per heavy atom. The molecule has 1 N–H and O–H groups in total. The lowest BCUT2D eigenvalue weighted by atomic mass is 9.96. The van der Waals surface area contributed by atoms with Crippen LogP contribution < -0.4 is 5.32 Å². The van der Waals surface area contributed by atoms with E-state index in [4.69, 9.17) is 9.15 Å². The second kappa shape index (κ2) is 4.62. The smallest absolute Gasteiger partial charge is 0.123 e. The van der Waals surface area contributed by atoms with Crippen molar-refractivity contribution in [3.05, 3.63) is 23.7 Å². The fraction of sp³-hybridized carbons (Fsp3) is 0.636. The van der Waals surface area contributed by atoms with Gasteiger partial charge < -0.3 is 14.5 Å². The number of hydrogen-bond donors (Lipinski definition) is 1. The van der Waals surface area contributed by atoms with Crippen LogP contribution in [0.15, 0.2) is 16.7 Å². The number of nitrogens with one attached hydrogen (secondary N) is 1. The van der Waals surface area contributed by atoms with Crippen molar-refractivity contribution in [3.63, 3.8) is 0 Å². The van der Waals surface area contributed by atoms with Gasteiger partial charge in [-0.2, -0.15) is 0 Å². The molecule has 0 aliphatic heterocycles. The summed E-state index contributed by atoms with van der Waals surface area (Å²) in [5, 5.41) is 3.08. The number of furan rings is 1. The quantitative estimate of drug-likeness (QED) is 0.781. The lowest BCUT2D eigenvalue weighted by Gasteiger charge is -2.25. The summed E-state index contributed by atoms with van der Waals surface area (Å²) in [7, 11) is 1.92. The van der Waals surface area contributed by atoms with Crippen LogP contribution in [0.2, 0.25) is 0 Å². The van der Waals surface area contributed by atoms with Crippen molar-refractivity contribution in [2.45, 2.75) is 38.5 Å². The van der Waals surface area contributed by atoms with Crippen LogP contribution in [-0.4, -0.2) is 13.2 Å². The van der Waals surface area contributed by atoms with Gasteiger partial charge >= 0.3 is 0 Å². The van der Waals surface area contributed by atoms with Gasteiger partial charge in [0.15, 0.2) is 0 Å². The van der Waals surface area contributed by atoms with Crippen molar-refractivity contribution in [3.8, 4) is 0 Å². The van der Waals surface area contributed by atoms with Crippen LogP contribution in [0.1, 0.15) is 30.6 Å². The Hall–Kier alpha value is -0.800.